The summed E-state index contributed by atoms with van der Waals surface area (Å²) in [5, 5.41) is 1.02. The molecule has 0 spiro atoms. The molecule has 1 nitrogen and oxygen atoms in total. The fourth-order valence-corrected chi connectivity index (χ4v) is 1.21. The van der Waals surface area contributed by atoms with Gasteiger partial charge in [-0.2, -0.15) is 0 Å². The van der Waals surface area contributed by atoms with E-state index in [0.29, 0.717) is 0 Å². The van der Waals surface area contributed by atoms with Crippen LogP contribution in [0.2, 0.25) is 4.34 Å². The molecule has 1 aromatic rings. The van der Waals surface area contributed by atoms with Gasteiger partial charge in [0.05, 0.1) is 11.2 Å². The topological polar surface area (TPSA) is 12.9 Å². The molecule has 0 aliphatic heterocycles. The fourth-order valence-electron chi connectivity index (χ4n) is 0.335. The largest absolute Gasteiger partial charge is 0.248 e. The highest BCUT2D eigenvalue weighted by molar-refractivity contribution is 7.15. The molecule has 0 aliphatic rings. The molecule has 0 bridgehead atoms. The van der Waals surface area contributed by atoms with Crippen LogP contribution in [0.1, 0.15) is 5.01 Å². The Morgan fingerprint density at radius 3 is 2.71 bits per heavy atom. The first-order valence-corrected chi connectivity index (χ1v) is 3.06. The van der Waals surface area contributed by atoms with E-state index in [1.54, 1.807) is 6.20 Å². The van der Waals surface area contributed by atoms with Crippen molar-refractivity contribution in [2.75, 3.05) is 0 Å². The second-order valence-electron chi connectivity index (χ2n) is 1.18. The van der Waals surface area contributed by atoms with Gasteiger partial charge in [0.2, 0.25) is 0 Å². The monoisotopic (exact) mass is 133 g/mol. The van der Waals surface area contributed by atoms with Gasteiger partial charge in [-0.25, -0.2) is 4.98 Å². The number of aryl methyl sites for hydroxylation is 1. The van der Waals surface area contributed by atoms with Crippen LogP contribution in [0.25, 0.3) is 0 Å². The highest BCUT2D eigenvalue weighted by Crippen LogP contribution is 2.16. The lowest BCUT2D eigenvalue weighted by molar-refractivity contribution is 1.30. The molecule has 0 radical (unpaired) electrons. The average Bonchev–Trinajstić information content (AvgIpc) is 1.87. The highest BCUT2D eigenvalue weighted by Gasteiger charge is 1.88. The van der Waals surface area contributed by atoms with Gasteiger partial charge in [0.15, 0.2) is 0 Å². The van der Waals surface area contributed by atoms with Crippen LogP contribution in [0.15, 0.2) is 6.20 Å². The summed E-state index contributed by atoms with van der Waals surface area (Å²) in [6.45, 7) is 1.93. The van der Waals surface area contributed by atoms with Crippen LogP contribution in [0, 0.1) is 6.92 Å². The molecule has 0 N–H and O–H groups in total. The van der Waals surface area contributed by atoms with Crippen molar-refractivity contribution in [2.24, 2.45) is 0 Å². The summed E-state index contributed by atoms with van der Waals surface area (Å²) in [4.78, 5) is 3.90. The van der Waals surface area contributed by atoms with Gasteiger partial charge in [-0.05, 0) is 6.92 Å². The van der Waals surface area contributed by atoms with Crippen molar-refractivity contribution < 1.29 is 0 Å². The van der Waals surface area contributed by atoms with Crippen molar-refractivity contribution in [3.8, 4) is 0 Å². The van der Waals surface area contributed by atoms with E-state index in [-0.39, 0.29) is 0 Å². The third-order valence-corrected chi connectivity index (χ3v) is 1.62. The normalized spacial score (nSPS) is 9.43. The molecule has 3 heteroatoms. The zero-order chi connectivity index (χ0) is 5.28. The van der Waals surface area contributed by atoms with E-state index in [0.717, 1.165) is 9.34 Å². The lowest BCUT2D eigenvalue weighted by Crippen LogP contribution is -1.56. The number of hydrogen-bond donors (Lipinski definition) is 0. The van der Waals surface area contributed by atoms with E-state index in [4.69, 9.17) is 11.6 Å². The summed E-state index contributed by atoms with van der Waals surface area (Å²) in [5.74, 6) is 0. The molecule has 7 heavy (non-hydrogen) atoms. The van der Waals surface area contributed by atoms with Gasteiger partial charge in [0.25, 0.3) is 0 Å². The Kier molecular flexibility index (Phi) is 1.30. The standard InChI is InChI=1S/C4H4ClNS/c1-3-6-2-4(5)7-3/h2H,1H3. The summed E-state index contributed by atoms with van der Waals surface area (Å²) in [6, 6.07) is 0. The van der Waals surface area contributed by atoms with Crippen LogP contribution in [0.5, 0.6) is 0 Å². The van der Waals surface area contributed by atoms with Crippen LogP contribution in [-0.4, -0.2) is 4.98 Å². The van der Waals surface area contributed by atoms with Crippen molar-refractivity contribution in [3.05, 3.63) is 15.5 Å². The Labute approximate surface area is 51.0 Å². The molecule has 1 aromatic heterocycles. The number of nitrogens with zero attached hydrogens (tertiary/aromatic N) is 1. The third-order valence-electron chi connectivity index (χ3n) is 0.593. The van der Waals surface area contributed by atoms with Crippen LogP contribution in [0.4, 0.5) is 0 Å². The molecular formula is C4H4ClNS. The number of halogens is 1. The summed E-state index contributed by atoms with van der Waals surface area (Å²) < 4.78 is 0.762. The van der Waals surface area contributed by atoms with E-state index in [9.17, 15) is 0 Å². The fraction of sp³-hybridized carbons (Fsp3) is 0.250. The number of aromatic nitrogens is 1. The summed E-state index contributed by atoms with van der Waals surface area (Å²) in [6.07, 6.45) is 1.65. The minimum Gasteiger partial charge on any atom is -0.248 e. The highest BCUT2D eigenvalue weighted by atomic mass is 35.5. The first kappa shape index (κ1) is 5.06. The molecule has 1 rings (SSSR count). The smallest absolute Gasteiger partial charge is 0.113 e. The molecule has 0 fully saturated rings. The number of rotatable bonds is 0. The van der Waals surface area contributed by atoms with Crippen molar-refractivity contribution >= 4 is 22.9 Å². The van der Waals surface area contributed by atoms with Gasteiger partial charge in [-0.15, -0.1) is 11.3 Å². The maximum absolute atomic E-state index is 5.52. The van der Waals surface area contributed by atoms with Crippen molar-refractivity contribution in [2.45, 2.75) is 6.92 Å². The first-order valence-electron chi connectivity index (χ1n) is 1.87. The van der Waals surface area contributed by atoms with E-state index in [1.807, 2.05) is 6.92 Å². The van der Waals surface area contributed by atoms with Crippen LogP contribution < -0.4 is 0 Å². The predicted octanol–water partition coefficient (Wildman–Crippen LogP) is 2.10. The Morgan fingerprint density at radius 1 is 1.86 bits per heavy atom. The van der Waals surface area contributed by atoms with E-state index >= 15 is 0 Å². The molecule has 0 atom stereocenters. The Morgan fingerprint density at radius 2 is 2.57 bits per heavy atom. The van der Waals surface area contributed by atoms with Gasteiger partial charge < -0.3 is 0 Å². The van der Waals surface area contributed by atoms with Gasteiger partial charge >= 0.3 is 0 Å². The maximum Gasteiger partial charge on any atom is 0.113 e. The van der Waals surface area contributed by atoms with E-state index < -0.39 is 0 Å². The summed E-state index contributed by atoms with van der Waals surface area (Å²) in [7, 11) is 0. The third kappa shape index (κ3) is 1.14. The Bertz CT molecular complexity index is 144. The molecule has 0 saturated heterocycles. The average molecular weight is 134 g/mol. The van der Waals surface area contributed by atoms with Gasteiger partial charge in [-0.3, -0.25) is 0 Å². The number of hydrogen-bond acceptors (Lipinski definition) is 2. The minimum absolute atomic E-state index is 0.762. The molecular weight excluding hydrogens is 130 g/mol. The second kappa shape index (κ2) is 1.80. The van der Waals surface area contributed by atoms with Crippen LogP contribution in [-0.2, 0) is 0 Å². The van der Waals surface area contributed by atoms with Gasteiger partial charge in [-0.1, -0.05) is 11.6 Å². The zero-order valence-corrected chi connectivity index (χ0v) is 5.38. The summed E-state index contributed by atoms with van der Waals surface area (Å²) >= 11 is 7.01. The molecule has 0 aromatic carbocycles. The SMILES string of the molecule is Cc1ncc(Cl)s1. The van der Waals surface area contributed by atoms with Crippen LogP contribution in [0.3, 0.4) is 0 Å². The minimum atomic E-state index is 0.762. The van der Waals surface area contributed by atoms with Crippen molar-refractivity contribution in [3.63, 3.8) is 0 Å². The Balaban J connectivity index is 3.04. The van der Waals surface area contributed by atoms with Crippen molar-refractivity contribution in [1.82, 2.24) is 4.98 Å². The van der Waals surface area contributed by atoms with Gasteiger partial charge in [0.1, 0.15) is 4.34 Å². The second-order valence-corrected chi connectivity index (χ2v) is 3.05. The van der Waals surface area contributed by atoms with E-state index in [1.165, 1.54) is 11.3 Å². The first-order chi connectivity index (χ1) is 3.29. The molecule has 0 unspecified atom stereocenters. The maximum atomic E-state index is 5.52. The molecule has 0 saturated carbocycles. The molecule has 0 aliphatic carbocycles. The Hall–Kier alpha value is -0.0800. The number of thiazole rings is 1. The quantitative estimate of drug-likeness (QED) is 0.528. The molecule has 38 valence electrons. The van der Waals surface area contributed by atoms with Crippen LogP contribution >= 0.6 is 22.9 Å². The lowest BCUT2D eigenvalue weighted by Gasteiger charge is -1.66. The molecule has 0 amide bonds. The van der Waals surface area contributed by atoms with Crippen molar-refractivity contribution in [1.29, 1.82) is 0 Å². The van der Waals surface area contributed by atoms with E-state index in [2.05, 4.69) is 4.98 Å². The summed E-state index contributed by atoms with van der Waals surface area (Å²) in [5.41, 5.74) is 0. The van der Waals surface area contributed by atoms with Gasteiger partial charge in [0, 0.05) is 0 Å². The predicted molar refractivity (Wildman–Crippen MR) is 31.9 cm³/mol. The lowest BCUT2D eigenvalue weighted by atomic mass is 10.8. The zero-order valence-electron chi connectivity index (χ0n) is 3.81. The molecule has 1 heterocycles.